The molecule has 0 amide bonds. The molecule has 1 fully saturated rings. The summed E-state index contributed by atoms with van der Waals surface area (Å²) >= 11 is 0. The van der Waals surface area contributed by atoms with Gasteiger partial charge in [-0.05, 0) is 42.9 Å². The zero-order valence-electron chi connectivity index (χ0n) is 12.2. The van der Waals surface area contributed by atoms with Gasteiger partial charge in [-0.25, -0.2) is 4.39 Å². The lowest BCUT2D eigenvalue weighted by Crippen LogP contribution is -2.42. The van der Waals surface area contributed by atoms with Gasteiger partial charge < -0.3 is 10.0 Å². The van der Waals surface area contributed by atoms with Crippen LogP contribution in [0.1, 0.15) is 38.2 Å². The van der Waals surface area contributed by atoms with Crippen molar-refractivity contribution < 1.29 is 9.50 Å². The van der Waals surface area contributed by atoms with Crippen LogP contribution < -0.4 is 4.90 Å². The van der Waals surface area contributed by atoms with Crippen molar-refractivity contribution >= 4 is 5.69 Å². The summed E-state index contributed by atoms with van der Waals surface area (Å²) in [7, 11) is 0. The van der Waals surface area contributed by atoms with Crippen LogP contribution in [0.25, 0.3) is 0 Å². The lowest BCUT2D eigenvalue weighted by atomic mass is 9.71. The van der Waals surface area contributed by atoms with E-state index >= 15 is 0 Å². The number of fused-ring (bicyclic) bond motifs is 1. The lowest BCUT2D eigenvalue weighted by molar-refractivity contribution is 0.0733. The Morgan fingerprint density at radius 2 is 2.10 bits per heavy atom. The average molecular weight is 277 g/mol. The van der Waals surface area contributed by atoms with E-state index in [4.69, 9.17) is 0 Å². The summed E-state index contributed by atoms with van der Waals surface area (Å²) in [4.78, 5) is 2.28. The maximum atomic E-state index is 13.5. The minimum absolute atomic E-state index is 0.0143. The molecule has 0 unspecified atom stereocenters. The van der Waals surface area contributed by atoms with Crippen LogP contribution in [0, 0.1) is 17.2 Å². The summed E-state index contributed by atoms with van der Waals surface area (Å²) in [6, 6.07) is 5.10. The molecule has 0 atom stereocenters. The number of nitrogens with zero attached hydrogens (tertiary/aromatic N) is 1. The van der Waals surface area contributed by atoms with Crippen LogP contribution in [0.4, 0.5) is 10.1 Å². The standard InChI is InChI=1S/C17H24FNO/c1-13-4-7-17(12-20,8-5-13)11-19-9-6-14-2-3-15(18)10-16(14)19/h2-3,10,13,20H,4-9,11-12H2,1H3. The highest BCUT2D eigenvalue weighted by molar-refractivity contribution is 5.58. The SMILES string of the molecule is CC1CCC(CO)(CN2CCc3ccc(F)cc32)CC1. The third-order valence-corrected chi connectivity index (χ3v) is 5.24. The zero-order chi connectivity index (χ0) is 14.2. The molecule has 0 bridgehead atoms. The summed E-state index contributed by atoms with van der Waals surface area (Å²) in [6.07, 6.45) is 5.57. The molecule has 1 heterocycles. The van der Waals surface area contributed by atoms with E-state index in [1.165, 1.54) is 18.4 Å². The Bertz CT molecular complexity index is 480. The molecular weight excluding hydrogens is 253 g/mol. The van der Waals surface area contributed by atoms with Crippen molar-refractivity contribution in [3.8, 4) is 0 Å². The second kappa shape index (κ2) is 5.36. The van der Waals surface area contributed by atoms with Crippen LogP contribution in [-0.4, -0.2) is 24.8 Å². The molecule has 3 rings (SSSR count). The Hall–Kier alpha value is -1.09. The number of halogens is 1. The van der Waals surface area contributed by atoms with Crippen molar-refractivity contribution in [2.75, 3.05) is 24.6 Å². The fourth-order valence-electron chi connectivity index (χ4n) is 3.73. The molecule has 0 radical (unpaired) electrons. The Labute approximate surface area is 120 Å². The first-order valence-electron chi connectivity index (χ1n) is 7.76. The van der Waals surface area contributed by atoms with Gasteiger partial charge in [0.1, 0.15) is 5.82 Å². The van der Waals surface area contributed by atoms with Crippen LogP contribution in [-0.2, 0) is 6.42 Å². The van der Waals surface area contributed by atoms with Crippen molar-refractivity contribution in [1.29, 1.82) is 0 Å². The molecule has 110 valence electrons. The smallest absolute Gasteiger partial charge is 0.125 e. The summed E-state index contributed by atoms with van der Waals surface area (Å²) in [5.41, 5.74) is 2.29. The van der Waals surface area contributed by atoms with Crippen molar-refractivity contribution in [1.82, 2.24) is 0 Å². The van der Waals surface area contributed by atoms with E-state index in [-0.39, 0.29) is 17.8 Å². The minimum atomic E-state index is -0.161. The van der Waals surface area contributed by atoms with Crippen LogP contribution in [0.2, 0.25) is 0 Å². The van der Waals surface area contributed by atoms with Gasteiger partial charge in [0.15, 0.2) is 0 Å². The fraction of sp³-hybridized carbons (Fsp3) is 0.647. The van der Waals surface area contributed by atoms with E-state index in [0.717, 1.165) is 44.0 Å². The first kappa shape index (κ1) is 13.9. The van der Waals surface area contributed by atoms with Gasteiger partial charge in [0, 0.05) is 24.2 Å². The summed E-state index contributed by atoms with van der Waals surface area (Å²) < 4.78 is 13.5. The zero-order valence-corrected chi connectivity index (χ0v) is 12.2. The maximum Gasteiger partial charge on any atom is 0.125 e. The Morgan fingerprint density at radius 1 is 1.35 bits per heavy atom. The van der Waals surface area contributed by atoms with Gasteiger partial charge >= 0.3 is 0 Å². The maximum absolute atomic E-state index is 13.5. The summed E-state index contributed by atoms with van der Waals surface area (Å²) in [5, 5.41) is 9.89. The molecule has 1 aromatic carbocycles. The van der Waals surface area contributed by atoms with Crippen LogP contribution in [0.3, 0.4) is 0 Å². The lowest BCUT2D eigenvalue weighted by Gasteiger charge is -2.41. The first-order valence-corrected chi connectivity index (χ1v) is 7.76. The van der Waals surface area contributed by atoms with Crippen LogP contribution >= 0.6 is 0 Å². The molecule has 2 nitrogen and oxygen atoms in total. The van der Waals surface area contributed by atoms with Gasteiger partial charge in [0.05, 0.1) is 6.61 Å². The topological polar surface area (TPSA) is 23.5 Å². The van der Waals surface area contributed by atoms with Gasteiger partial charge in [0.2, 0.25) is 0 Å². The van der Waals surface area contributed by atoms with E-state index in [9.17, 15) is 9.50 Å². The molecule has 20 heavy (non-hydrogen) atoms. The van der Waals surface area contributed by atoms with E-state index < -0.39 is 0 Å². The van der Waals surface area contributed by atoms with E-state index in [0.29, 0.717) is 0 Å². The van der Waals surface area contributed by atoms with E-state index in [1.54, 1.807) is 12.1 Å². The van der Waals surface area contributed by atoms with E-state index in [1.807, 2.05) is 6.07 Å². The van der Waals surface area contributed by atoms with Gasteiger partial charge in [-0.1, -0.05) is 25.8 Å². The number of rotatable bonds is 3. The Balaban J connectivity index is 1.77. The van der Waals surface area contributed by atoms with Crippen LogP contribution in [0.15, 0.2) is 18.2 Å². The summed E-state index contributed by atoms with van der Waals surface area (Å²) in [5.74, 6) is 0.615. The molecule has 1 aliphatic heterocycles. The normalized spacial score (nSPS) is 29.6. The number of hydrogen-bond acceptors (Lipinski definition) is 2. The molecule has 1 saturated carbocycles. The molecule has 3 heteroatoms. The van der Waals surface area contributed by atoms with Crippen molar-refractivity contribution in [3.63, 3.8) is 0 Å². The number of benzene rings is 1. The third kappa shape index (κ3) is 2.56. The predicted molar refractivity (Wildman–Crippen MR) is 79.5 cm³/mol. The van der Waals surface area contributed by atoms with Crippen molar-refractivity contribution in [2.45, 2.75) is 39.0 Å². The van der Waals surface area contributed by atoms with Gasteiger partial charge in [-0.15, -0.1) is 0 Å². The second-order valence-electron chi connectivity index (χ2n) is 6.79. The highest BCUT2D eigenvalue weighted by Crippen LogP contribution is 2.41. The molecular formula is C17H24FNO. The molecule has 2 aliphatic rings. The molecule has 1 N–H and O–H groups in total. The molecule has 0 spiro atoms. The number of anilines is 1. The van der Waals surface area contributed by atoms with Gasteiger partial charge in [0.25, 0.3) is 0 Å². The highest BCUT2D eigenvalue weighted by Gasteiger charge is 2.36. The number of hydrogen-bond donors (Lipinski definition) is 1. The third-order valence-electron chi connectivity index (χ3n) is 5.24. The largest absolute Gasteiger partial charge is 0.396 e. The Kier molecular flexibility index (Phi) is 3.72. The van der Waals surface area contributed by atoms with Gasteiger partial charge in [-0.2, -0.15) is 0 Å². The number of aliphatic hydroxyl groups is 1. The molecule has 1 aromatic rings. The average Bonchev–Trinajstić information content (AvgIpc) is 2.84. The second-order valence-corrected chi connectivity index (χ2v) is 6.79. The highest BCUT2D eigenvalue weighted by atomic mass is 19.1. The van der Waals surface area contributed by atoms with Gasteiger partial charge in [-0.3, -0.25) is 0 Å². The van der Waals surface area contributed by atoms with Crippen molar-refractivity contribution in [2.24, 2.45) is 11.3 Å². The number of aliphatic hydroxyl groups excluding tert-OH is 1. The molecule has 0 saturated heterocycles. The predicted octanol–water partition coefficient (Wildman–Crippen LogP) is 3.38. The molecule has 1 aliphatic carbocycles. The fourth-order valence-corrected chi connectivity index (χ4v) is 3.73. The van der Waals surface area contributed by atoms with E-state index in [2.05, 4.69) is 11.8 Å². The quantitative estimate of drug-likeness (QED) is 0.915. The van der Waals surface area contributed by atoms with Crippen molar-refractivity contribution in [3.05, 3.63) is 29.6 Å². The monoisotopic (exact) mass is 277 g/mol. The summed E-state index contributed by atoms with van der Waals surface area (Å²) in [6.45, 7) is 4.37. The Morgan fingerprint density at radius 3 is 2.80 bits per heavy atom. The minimum Gasteiger partial charge on any atom is -0.396 e. The first-order chi connectivity index (χ1) is 9.62. The van der Waals surface area contributed by atoms with Crippen LogP contribution in [0.5, 0.6) is 0 Å². The molecule has 0 aromatic heterocycles.